The summed E-state index contributed by atoms with van der Waals surface area (Å²) in [6.45, 7) is 5.71. The van der Waals surface area contributed by atoms with E-state index in [2.05, 4.69) is 6.92 Å². The highest BCUT2D eigenvalue weighted by Crippen LogP contribution is 2.14. The summed E-state index contributed by atoms with van der Waals surface area (Å²) in [5.74, 6) is 0. The van der Waals surface area contributed by atoms with Gasteiger partial charge in [0.1, 0.15) is 6.26 Å². The van der Waals surface area contributed by atoms with Crippen molar-refractivity contribution in [1.82, 2.24) is 4.90 Å². The van der Waals surface area contributed by atoms with E-state index in [-0.39, 0.29) is 6.23 Å². The summed E-state index contributed by atoms with van der Waals surface area (Å²) in [6, 6.07) is 0. The minimum atomic E-state index is -0.0185. The van der Waals surface area contributed by atoms with E-state index in [1.807, 2.05) is 18.9 Å². The van der Waals surface area contributed by atoms with Crippen LogP contribution in [0.4, 0.5) is 0 Å². The van der Waals surface area contributed by atoms with Gasteiger partial charge in [-0.15, -0.1) is 0 Å². The van der Waals surface area contributed by atoms with Crippen LogP contribution >= 0.6 is 0 Å². The molecule has 0 bridgehead atoms. The first-order valence-corrected chi connectivity index (χ1v) is 2.60. The molecule has 0 aliphatic carbocycles. The molecule has 1 heterocycles. The Balaban J connectivity index is 2.59. The van der Waals surface area contributed by atoms with Gasteiger partial charge in [0.2, 0.25) is 0 Å². The molecule has 0 fully saturated rings. The number of allylic oxidation sites excluding steroid dienone is 1. The van der Waals surface area contributed by atoms with Crippen molar-refractivity contribution in [3.63, 3.8) is 0 Å². The summed E-state index contributed by atoms with van der Waals surface area (Å²) in [6.07, 6.45) is 1.70. The zero-order valence-corrected chi connectivity index (χ0v) is 5.22. The molecule has 1 radical (unpaired) electrons. The molecule has 0 N–H and O–H groups in total. The molecule has 1 rings (SSSR count). The van der Waals surface area contributed by atoms with Crippen LogP contribution in [0.3, 0.4) is 0 Å². The lowest BCUT2D eigenvalue weighted by atomic mass is 10.5. The molecule has 0 amide bonds. The van der Waals surface area contributed by atoms with E-state index in [1.165, 1.54) is 0 Å². The molecule has 0 aromatic rings. The zero-order chi connectivity index (χ0) is 6.15. The number of rotatable bonds is 0. The van der Waals surface area contributed by atoms with Crippen molar-refractivity contribution in [2.75, 3.05) is 7.05 Å². The van der Waals surface area contributed by atoms with Gasteiger partial charge >= 0.3 is 0 Å². The molecule has 8 heavy (non-hydrogen) atoms. The molecule has 2 nitrogen and oxygen atoms in total. The Morgan fingerprint density at radius 1 is 1.88 bits per heavy atom. The molecule has 1 unspecified atom stereocenters. The normalized spacial score (nSPS) is 27.6. The molecule has 1 aliphatic rings. The van der Waals surface area contributed by atoms with Crippen molar-refractivity contribution < 1.29 is 4.74 Å². The van der Waals surface area contributed by atoms with Gasteiger partial charge in [0, 0.05) is 19.7 Å². The lowest BCUT2D eigenvalue weighted by Crippen LogP contribution is -2.22. The van der Waals surface area contributed by atoms with Crippen LogP contribution in [0.15, 0.2) is 12.0 Å². The fraction of sp³-hybridized carbons (Fsp3) is 0.500. The maximum absolute atomic E-state index is 5.03. The first-order chi connectivity index (χ1) is 3.72. The fourth-order valence-corrected chi connectivity index (χ4v) is 0.579. The Kier molecular flexibility index (Phi) is 1.16. The average molecular weight is 112 g/mol. The number of hydrogen-bond acceptors (Lipinski definition) is 2. The fourth-order valence-electron chi connectivity index (χ4n) is 0.579. The zero-order valence-electron chi connectivity index (χ0n) is 5.22. The summed E-state index contributed by atoms with van der Waals surface area (Å²) in [5, 5.41) is 0. The van der Waals surface area contributed by atoms with Gasteiger partial charge in [-0.1, -0.05) is 0 Å². The van der Waals surface area contributed by atoms with Gasteiger partial charge in [0.15, 0.2) is 6.23 Å². The second-order valence-electron chi connectivity index (χ2n) is 1.96. The molecule has 0 aromatic carbocycles. The van der Waals surface area contributed by atoms with Crippen LogP contribution in [0, 0.1) is 6.92 Å². The van der Waals surface area contributed by atoms with Gasteiger partial charge in [0.05, 0.1) is 0 Å². The highest BCUT2D eigenvalue weighted by atomic mass is 16.5. The molecule has 0 spiro atoms. The Hall–Kier alpha value is -0.660. The highest BCUT2D eigenvalue weighted by Gasteiger charge is 2.14. The molecular weight excluding hydrogens is 102 g/mol. The van der Waals surface area contributed by atoms with Gasteiger partial charge in [-0.3, -0.25) is 0 Å². The molecule has 0 saturated carbocycles. The first kappa shape index (κ1) is 5.48. The van der Waals surface area contributed by atoms with Crippen molar-refractivity contribution in [3.8, 4) is 0 Å². The molecule has 0 aromatic heterocycles. The van der Waals surface area contributed by atoms with E-state index in [1.54, 1.807) is 6.26 Å². The van der Waals surface area contributed by atoms with Crippen molar-refractivity contribution >= 4 is 0 Å². The van der Waals surface area contributed by atoms with Gasteiger partial charge in [-0.05, 0) is 6.92 Å². The predicted octanol–water partition coefficient (Wildman–Crippen LogP) is 0.970. The van der Waals surface area contributed by atoms with Crippen molar-refractivity contribution in [3.05, 3.63) is 18.9 Å². The largest absolute Gasteiger partial charge is 0.476 e. The monoisotopic (exact) mass is 112 g/mol. The topological polar surface area (TPSA) is 12.5 Å². The summed E-state index contributed by atoms with van der Waals surface area (Å²) in [4.78, 5) is 1.97. The molecule has 0 saturated heterocycles. The third-order valence-electron chi connectivity index (χ3n) is 1.38. The van der Waals surface area contributed by atoms with Crippen molar-refractivity contribution in [2.24, 2.45) is 0 Å². The first-order valence-electron chi connectivity index (χ1n) is 2.60. The Labute approximate surface area is 49.7 Å². The molecule has 2 heteroatoms. The summed E-state index contributed by atoms with van der Waals surface area (Å²) >= 11 is 0. The molecule has 1 aliphatic heterocycles. The van der Waals surface area contributed by atoms with E-state index in [9.17, 15) is 0 Å². The third kappa shape index (κ3) is 0.661. The number of hydrogen-bond donors (Lipinski definition) is 0. The smallest absolute Gasteiger partial charge is 0.171 e. The minimum absolute atomic E-state index is 0.0185. The van der Waals surface area contributed by atoms with Crippen LogP contribution in [-0.4, -0.2) is 18.2 Å². The SMILES string of the molecule is [CH2]C1OC=C(C)N1C. The molecule has 45 valence electrons. The summed E-state index contributed by atoms with van der Waals surface area (Å²) in [5.41, 5.74) is 1.13. The van der Waals surface area contributed by atoms with Crippen LogP contribution in [0.5, 0.6) is 0 Å². The standard InChI is InChI=1S/C6H10NO/c1-5-4-8-6(2)7(5)3/h4,6H,2H2,1,3H3. The minimum Gasteiger partial charge on any atom is -0.476 e. The van der Waals surface area contributed by atoms with E-state index in [4.69, 9.17) is 4.74 Å². The second-order valence-corrected chi connectivity index (χ2v) is 1.96. The van der Waals surface area contributed by atoms with Crippen LogP contribution < -0.4 is 0 Å². The van der Waals surface area contributed by atoms with Gasteiger partial charge < -0.3 is 9.64 Å². The maximum Gasteiger partial charge on any atom is 0.171 e. The van der Waals surface area contributed by atoms with E-state index < -0.39 is 0 Å². The van der Waals surface area contributed by atoms with Crippen LogP contribution in [0.25, 0.3) is 0 Å². The third-order valence-corrected chi connectivity index (χ3v) is 1.38. The second kappa shape index (κ2) is 1.69. The predicted molar refractivity (Wildman–Crippen MR) is 31.7 cm³/mol. The Morgan fingerprint density at radius 2 is 2.50 bits per heavy atom. The van der Waals surface area contributed by atoms with Gasteiger partial charge in [-0.25, -0.2) is 0 Å². The van der Waals surface area contributed by atoms with Crippen molar-refractivity contribution in [2.45, 2.75) is 13.2 Å². The van der Waals surface area contributed by atoms with Gasteiger partial charge in [0.25, 0.3) is 0 Å². The Morgan fingerprint density at radius 3 is 2.62 bits per heavy atom. The highest BCUT2D eigenvalue weighted by molar-refractivity contribution is 4.98. The average Bonchev–Trinajstić information content (AvgIpc) is 1.98. The lowest BCUT2D eigenvalue weighted by molar-refractivity contribution is 0.111. The number of ether oxygens (including phenoxy) is 1. The lowest BCUT2D eigenvalue weighted by Gasteiger charge is -2.16. The van der Waals surface area contributed by atoms with E-state index in [0.717, 1.165) is 5.70 Å². The quantitative estimate of drug-likeness (QED) is 0.463. The summed E-state index contributed by atoms with van der Waals surface area (Å²) in [7, 11) is 1.95. The Bertz CT molecular complexity index is 120. The van der Waals surface area contributed by atoms with Crippen LogP contribution in [0.2, 0.25) is 0 Å². The molecular formula is C6H10NO. The van der Waals surface area contributed by atoms with Crippen LogP contribution in [0.1, 0.15) is 6.92 Å². The van der Waals surface area contributed by atoms with Gasteiger partial charge in [-0.2, -0.15) is 0 Å². The summed E-state index contributed by atoms with van der Waals surface area (Å²) < 4.78 is 5.03. The molecule has 1 atom stereocenters. The van der Waals surface area contributed by atoms with Crippen LogP contribution in [-0.2, 0) is 4.74 Å². The number of nitrogens with zero attached hydrogens (tertiary/aromatic N) is 1. The van der Waals surface area contributed by atoms with E-state index in [0.29, 0.717) is 0 Å². The van der Waals surface area contributed by atoms with E-state index >= 15 is 0 Å². The maximum atomic E-state index is 5.03. The van der Waals surface area contributed by atoms with Crippen molar-refractivity contribution in [1.29, 1.82) is 0 Å².